The summed E-state index contributed by atoms with van der Waals surface area (Å²) in [5.74, 6) is 0.681. The van der Waals surface area contributed by atoms with Gasteiger partial charge in [0.1, 0.15) is 11.9 Å². The predicted octanol–water partition coefficient (Wildman–Crippen LogP) is 2.39. The molecule has 4 rings (SSSR count). The first kappa shape index (κ1) is 17.0. The summed E-state index contributed by atoms with van der Waals surface area (Å²) in [5, 5.41) is 8.36. The van der Waals surface area contributed by atoms with E-state index in [-0.39, 0.29) is 4.90 Å². The molecule has 0 saturated carbocycles. The molecule has 0 spiro atoms. The van der Waals surface area contributed by atoms with E-state index in [0.717, 1.165) is 5.56 Å². The number of hydrogen-bond acceptors (Lipinski definition) is 6. The molecule has 8 nitrogen and oxygen atoms in total. The predicted molar refractivity (Wildman–Crippen MR) is 99.7 cm³/mol. The van der Waals surface area contributed by atoms with Gasteiger partial charge in [-0.2, -0.15) is 0 Å². The molecule has 27 heavy (non-hydrogen) atoms. The van der Waals surface area contributed by atoms with Gasteiger partial charge in [0.15, 0.2) is 5.82 Å². The van der Waals surface area contributed by atoms with Gasteiger partial charge in [-0.05, 0) is 48.5 Å². The van der Waals surface area contributed by atoms with Crippen molar-refractivity contribution in [3.05, 3.63) is 71.3 Å². The van der Waals surface area contributed by atoms with Gasteiger partial charge in [-0.3, -0.25) is 4.72 Å². The van der Waals surface area contributed by atoms with Crippen LogP contribution in [0.1, 0.15) is 0 Å². The molecule has 0 bridgehead atoms. The molecule has 136 valence electrons. The molecule has 0 unspecified atom stereocenters. The standard InChI is InChI=1S/C18H14N4O4S/c1-22-11-19-20-18(22)12-2-5-14(6-3-12)21-27(24,25)15-7-8-16-13(10-15)4-9-17(23)26-16/h2-11,21H,1H3. The second kappa shape index (κ2) is 6.36. The van der Waals surface area contributed by atoms with Crippen LogP contribution in [0.2, 0.25) is 0 Å². The molecule has 0 aliphatic heterocycles. The van der Waals surface area contributed by atoms with Crippen molar-refractivity contribution in [3.8, 4) is 11.4 Å². The Bertz CT molecular complexity index is 1290. The Labute approximate surface area is 154 Å². The summed E-state index contributed by atoms with van der Waals surface area (Å²) in [4.78, 5) is 11.3. The third-order valence-electron chi connectivity index (χ3n) is 4.01. The zero-order valence-electron chi connectivity index (χ0n) is 14.2. The summed E-state index contributed by atoms with van der Waals surface area (Å²) in [6.07, 6.45) is 1.59. The maximum Gasteiger partial charge on any atom is 0.336 e. The zero-order valence-corrected chi connectivity index (χ0v) is 15.0. The van der Waals surface area contributed by atoms with E-state index in [1.54, 1.807) is 35.2 Å². The fraction of sp³-hybridized carbons (Fsp3) is 0.0556. The fourth-order valence-corrected chi connectivity index (χ4v) is 3.76. The number of fused-ring (bicyclic) bond motifs is 1. The highest BCUT2D eigenvalue weighted by atomic mass is 32.2. The van der Waals surface area contributed by atoms with Crippen molar-refractivity contribution in [2.45, 2.75) is 4.90 Å². The molecule has 4 aromatic rings. The Morgan fingerprint density at radius 3 is 2.52 bits per heavy atom. The maximum atomic E-state index is 12.6. The lowest BCUT2D eigenvalue weighted by Gasteiger charge is -2.09. The van der Waals surface area contributed by atoms with Gasteiger partial charge in [0.05, 0.1) is 4.90 Å². The highest BCUT2D eigenvalue weighted by Crippen LogP contribution is 2.23. The maximum absolute atomic E-state index is 12.6. The molecule has 0 aliphatic rings. The molecular formula is C18H14N4O4S. The van der Waals surface area contributed by atoms with Crippen LogP contribution in [0.3, 0.4) is 0 Å². The van der Waals surface area contributed by atoms with Crippen LogP contribution in [0, 0.1) is 0 Å². The van der Waals surface area contributed by atoms with Crippen molar-refractivity contribution in [3.63, 3.8) is 0 Å². The second-order valence-corrected chi connectivity index (χ2v) is 7.58. The van der Waals surface area contributed by atoms with Crippen LogP contribution in [0.15, 0.2) is 75.0 Å². The SMILES string of the molecule is Cn1cnnc1-c1ccc(NS(=O)(=O)c2ccc3oc(=O)ccc3c2)cc1. The fourth-order valence-electron chi connectivity index (χ4n) is 2.66. The lowest BCUT2D eigenvalue weighted by atomic mass is 10.2. The number of anilines is 1. The van der Waals surface area contributed by atoms with Gasteiger partial charge in [0.2, 0.25) is 0 Å². The van der Waals surface area contributed by atoms with E-state index in [2.05, 4.69) is 14.9 Å². The average Bonchev–Trinajstić information content (AvgIpc) is 3.07. The third-order valence-corrected chi connectivity index (χ3v) is 5.39. The van der Waals surface area contributed by atoms with Gasteiger partial charge in [-0.15, -0.1) is 10.2 Å². The van der Waals surface area contributed by atoms with Crippen LogP contribution < -0.4 is 10.3 Å². The van der Waals surface area contributed by atoms with Crippen molar-refractivity contribution < 1.29 is 12.8 Å². The van der Waals surface area contributed by atoms with Crippen molar-refractivity contribution >= 4 is 26.7 Å². The first-order valence-corrected chi connectivity index (χ1v) is 9.42. The third kappa shape index (κ3) is 3.32. The van der Waals surface area contributed by atoms with E-state index in [1.807, 2.05) is 7.05 Å². The molecule has 0 amide bonds. The van der Waals surface area contributed by atoms with Crippen molar-refractivity contribution in [1.82, 2.24) is 14.8 Å². The number of nitrogens with one attached hydrogen (secondary N) is 1. The normalized spacial score (nSPS) is 11.6. The summed E-state index contributed by atoms with van der Waals surface area (Å²) in [6, 6.07) is 13.9. The van der Waals surface area contributed by atoms with Crippen LogP contribution in [0.5, 0.6) is 0 Å². The van der Waals surface area contributed by atoms with E-state index in [1.165, 1.54) is 30.3 Å². The smallest absolute Gasteiger partial charge is 0.336 e. The Morgan fingerprint density at radius 2 is 1.81 bits per heavy atom. The topological polar surface area (TPSA) is 107 Å². The van der Waals surface area contributed by atoms with Gasteiger partial charge < -0.3 is 8.98 Å². The van der Waals surface area contributed by atoms with Crippen LogP contribution in [0.25, 0.3) is 22.4 Å². The van der Waals surface area contributed by atoms with Gasteiger partial charge >= 0.3 is 5.63 Å². The minimum absolute atomic E-state index is 0.0706. The Morgan fingerprint density at radius 1 is 1.04 bits per heavy atom. The van der Waals surface area contributed by atoms with Crippen LogP contribution in [-0.4, -0.2) is 23.2 Å². The minimum atomic E-state index is -3.79. The summed E-state index contributed by atoms with van der Waals surface area (Å²) in [7, 11) is -1.97. The number of aromatic nitrogens is 3. The second-order valence-electron chi connectivity index (χ2n) is 5.90. The van der Waals surface area contributed by atoms with Crippen molar-refractivity contribution in [1.29, 1.82) is 0 Å². The van der Waals surface area contributed by atoms with Gasteiger partial charge in [-0.25, -0.2) is 13.2 Å². The lowest BCUT2D eigenvalue weighted by molar-refractivity contribution is 0.560. The Kier molecular flexibility index (Phi) is 4.00. The van der Waals surface area contributed by atoms with Crippen molar-refractivity contribution in [2.24, 2.45) is 7.05 Å². The monoisotopic (exact) mass is 382 g/mol. The number of nitrogens with zero attached hydrogens (tertiary/aromatic N) is 3. The first-order valence-electron chi connectivity index (χ1n) is 7.93. The number of rotatable bonds is 4. The summed E-state index contributed by atoms with van der Waals surface area (Å²) < 4.78 is 34.6. The molecule has 0 radical (unpaired) electrons. The van der Waals surface area contributed by atoms with Crippen LogP contribution in [0.4, 0.5) is 5.69 Å². The van der Waals surface area contributed by atoms with E-state index in [4.69, 9.17) is 4.42 Å². The molecule has 0 aliphatic carbocycles. The summed E-state index contributed by atoms with van der Waals surface area (Å²) in [5.41, 5.74) is 1.08. The molecule has 2 aromatic carbocycles. The highest BCUT2D eigenvalue weighted by Gasteiger charge is 2.15. The average molecular weight is 382 g/mol. The Balaban J connectivity index is 1.62. The minimum Gasteiger partial charge on any atom is -0.423 e. The molecule has 0 atom stereocenters. The van der Waals surface area contributed by atoms with Gasteiger partial charge in [0, 0.05) is 29.8 Å². The number of aryl methyl sites for hydroxylation is 1. The first-order chi connectivity index (χ1) is 12.9. The molecule has 0 fully saturated rings. The Hall–Kier alpha value is -3.46. The molecule has 2 heterocycles. The largest absolute Gasteiger partial charge is 0.423 e. The molecular weight excluding hydrogens is 368 g/mol. The number of sulfonamides is 1. The van der Waals surface area contributed by atoms with Crippen molar-refractivity contribution in [2.75, 3.05) is 4.72 Å². The van der Waals surface area contributed by atoms with Gasteiger partial charge in [-0.1, -0.05) is 0 Å². The van der Waals surface area contributed by atoms with Gasteiger partial charge in [0.25, 0.3) is 10.0 Å². The highest BCUT2D eigenvalue weighted by molar-refractivity contribution is 7.92. The molecule has 9 heteroatoms. The summed E-state index contributed by atoms with van der Waals surface area (Å²) in [6.45, 7) is 0. The quantitative estimate of drug-likeness (QED) is 0.543. The van der Waals surface area contributed by atoms with Crippen LogP contribution >= 0.6 is 0 Å². The van der Waals surface area contributed by atoms with Crippen LogP contribution in [-0.2, 0) is 17.1 Å². The molecule has 2 aromatic heterocycles. The zero-order chi connectivity index (χ0) is 19.0. The summed E-state index contributed by atoms with van der Waals surface area (Å²) >= 11 is 0. The molecule has 1 N–H and O–H groups in total. The van der Waals surface area contributed by atoms with E-state index < -0.39 is 15.6 Å². The number of benzene rings is 2. The van der Waals surface area contributed by atoms with E-state index >= 15 is 0 Å². The lowest BCUT2D eigenvalue weighted by Crippen LogP contribution is -2.13. The van der Waals surface area contributed by atoms with E-state index in [9.17, 15) is 13.2 Å². The molecule has 0 saturated heterocycles. The van der Waals surface area contributed by atoms with E-state index in [0.29, 0.717) is 22.5 Å². The number of hydrogen-bond donors (Lipinski definition) is 1.